The van der Waals surface area contributed by atoms with Crippen molar-refractivity contribution in [3.63, 3.8) is 0 Å². The molecule has 2 atom stereocenters. The number of allylic oxidation sites excluding steroid dienone is 8. The fraction of sp³-hybridized carbons (Fsp3) is 0.333. The van der Waals surface area contributed by atoms with E-state index in [9.17, 15) is 0 Å². The number of rotatable bonds is 8. The average molecular weight is 338 g/mol. The number of hydrogen-bond acceptors (Lipinski definition) is 2. The number of aromatic nitrogens is 1. The third kappa shape index (κ3) is 6.76. The first-order valence-electron chi connectivity index (χ1n) is 8.70. The molecule has 1 aliphatic heterocycles. The Morgan fingerprint density at radius 1 is 1.38 bits per heavy atom. The molecule has 24 heavy (non-hydrogen) atoms. The second kappa shape index (κ2) is 10.9. The monoisotopic (exact) mass is 338 g/mol. The molecule has 2 nitrogen and oxygen atoms in total. The maximum absolute atomic E-state index is 4.64. The molecule has 2 unspecified atom stereocenters. The van der Waals surface area contributed by atoms with Crippen molar-refractivity contribution in [3.8, 4) is 0 Å². The van der Waals surface area contributed by atoms with E-state index in [1.54, 1.807) is 0 Å². The highest BCUT2D eigenvalue weighted by Crippen LogP contribution is 2.38. The van der Waals surface area contributed by atoms with Gasteiger partial charge in [-0.05, 0) is 43.3 Å². The van der Waals surface area contributed by atoms with E-state index in [0.29, 0.717) is 5.66 Å². The fourth-order valence-corrected chi connectivity index (χ4v) is 3.99. The molecule has 0 spiro atoms. The van der Waals surface area contributed by atoms with E-state index < -0.39 is 0 Å². The predicted octanol–water partition coefficient (Wildman–Crippen LogP) is 5.85. The lowest BCUT2D eigenvalue weighted by Crippen LogP contribution is -2.03. The average Bonchev–Trinajstić information content (AvgIpc) is 2.61. The van der Waals surface area contributed by atoms with Crippen LogP contribution in [0.1, 0.15) is 38.8 Å². The Balaban J connectivity index is 1.96. The van der Waals surface area contributed by atoms with Crippen molar-refractivity contribution in [3.05, 3.63) is 77.6 Å². The molecule has 1 aromatic rings. The van der Waals surface area contributed by atoms with Gasteiger partial charge in [0.15, 0.2) is 0 Å². The van der Waals surface area contributed by atoms with Crippen molar-refractivity contribution in [2.45, 2.75) is 45.2 Å². The third-order valence-electron chi connectivity index (χ3n) is 3.73. The van der Waals surface area contributed by atoms with Crippen LogP contribution in [-0.4, -0.2) is 16.9 Å². The summed E-state index contributed by atoms with van der Waals surface area (Å²) in [6.45, 7) is 4.22. The van der Waals surface area contributed by atoms with Crippen molar-refractivity contribution >= 4 is 14.8 Å². The summed E-state index contributed by atoms with van der Waals surface area (Å²) < 4.78 is 0. The number of aliphatic imine (C=N–C) groups is 1. The molecule has 1 aromatic heterocycles. The van der Waals surface area contributed by atoms with Crippen LogP contribution in [0.5, 0.6) is 0 Å². The maximum atomic E-state index is 4.64. The highest BCUT2D eigenvalue weighted by molar-refractivity contribution is 7.44. The van der Waals surface area contributed by atoms with E-state index >= 15 is 0 Å². The van der Waals surface area contributed by atoms with Gasteiger partial charge >= 0.3 is 0 Å². The van der Waals surface area contributed by atoms with Crippen LogP contribution in [0, 0.1) is 0 Å². The summed E-state index contributed by atoms with van der Waals surface area (Å²) in [4.78, 5) is 9.09. The van der Waals surface area contributed by atoms with Crippen molar-refractivity contribution < 1.29 is 0 Å². The Morgan fingerprint density at radius 3 is 3.04 bits per heavy atom. The van der Waals surface area contributed by atoms with Gasteiger partial charge in [-0.1, -0.05) is 58.4 Å². The first kappa shape index (κ1) is 18.5. The van der Waals surface area contributed by atoms with Crippen molar-refractivity contribution in [1.82, 2.24) is 4.98 Å². The molecule has 0 aromatic carbocycles. The quantitative estimate of drug-likeness (QED) is 0.431. The van der Waals surface area contributed by atoms with E-state index in [-0.39, 0.29) is 0 Å². The van der Waals surface area contributed by atoms with Crippen molar-refractivity contribution in [1.29, 1.82) is 0 Å². The van der Waals surface area contributed by atoms with Gasteiger partial charge in [0.05, 0.1) is 0 Å². The van der Waals surface area contributed by atoms with Gasteiger partial charge in [-0.3, -0.25) is 9.98 Å². The third-order valence-corrected chi connectivity index (χ3v) is 5.21. The Bertz CT molecular complexity index is 639. The number of nitrogens with zero attached hydrogens (tertiary/aromatic N) is 2. The molecule has 1 aliphatic rings. The lowest BCUT2D eigenvalue weighted by atomic mass is 10.1. The second-order valence-corrected chi connectivity index (χ2v) is 7.49. The Hall–Kier alpha value is -1.79. The normalized spacial score (nSPS) is 19.5. The smallest absolute Gasteiger partial charge is 0.0447 e. The lowest BCUT2D eigenvalue weighted by Gasteiger charge is -2.19. The van der Waals surface area contributed by atoms with Crippen LogP contribution in [0.25, 0.3) is 0 Å². The summed E-state index contributed by atoms with van der Waals surface area (Å²) >= 11 is 0. The summed E-state index contributed by atoms with van der Waals surface area (Å²) in [5.41, 5.74) is 2.91. The number of unbranched alkanes of at least 4 members (excludes halogenated alkanes) is 1. The summed E-state index contributed by atoms with van der Waals surface area (Å²) in [5, 5.41) is 1.48. The van der Waals surface area contributed by atoms with E-state index in [0.717, 1.165) is 40.0 Å². The van der Waals surface area contributed by atoms with Crippen molar-refractivity contribution in [2.24, 2.45) is 4.99 Å². The van der Waals surface area contributed by atoms with Crippen molar-refractivity contribution in [2.75, 3.05) is 0 Å². The van der Waals surface area contributed by atoms with Gasteiger partial charge in [-0.25, -0.2) is 0 Å². The molecule has 0 fully saturated rings. The van der Waals surface area contributed by atoms with Crippen LogP contribution in [0.2, 0.25) is 0 Å². The minimum Gasteiger partial charge on any atom is -0.262 e. The molecule has 0 saturated heterocycles. The minimum absolute atomic E-state index is 0.555. The van der Waals surface area contributed by atoms with Gasteiger partial charge < -0.3 is 0 Å². The maximum Gasteiger partial charge on any atom is 0.0447 e. The highest BCUT2D eigenvalue weighted by Gasteiger charge is 2.13. The van der Waals surface area contributed by atoms with Gasteiger partial charge in [0, 0.05) is 35.9 Å². The van der Waals surface area contributed by atoms with E-state index in [4.69, 9.17) is 0 Å². The Morgan fingerprint density at radius 2 is 2.29 bits per heavy atom. The van der Waals surface area contributed by atoms with Gasteiger partial charge in [0.25, 0.3) is 0 Å². The van der Waals surface area contributed by atoms with E-state index in [2.05, 4.69) is 53.3 Å². The molecule has 3 heteroatoms. The first-order chi connectivity index (χ1) is 11.8. The van der Waals surface area contributed by atoms with Crippen LogP contribution < -0.4 is 0 Å². The number of hydrogen-bond donors (Lipinski definition) is 0. The molecule has 0 saturated carbocycles. The highest BCUT2D eigenvalue weighted by atomic mass is 31.1. The van der Waals surface area contributed by atoms with Crippen LogP contribution in [-0.2, 0) is 6.42 Å². The topological polar surface area (TPSA) is 25.2 Å². The van der Waals surface area contributed by atoms with E-state index in [1.807, 2.05) is 37.6 Å². The van der Waals surface area contributed by atoms with Crippen LogP contribution >= 0.6 is 8.58 Å². The largest absolute Gasteiger partial charge is 0.262 e. The summed E-state index contributed by atoms with van der Waals surface area (Å²) in [6, 6.07) is 6.13. The van der Waals surface area contributed by atoms with Crippen LogP contribution in [0.4, 0.5) is 0 Å². The zero-order valence-electron chi connectivity index (χ0n) is 14.7. The second-order valence-electron chi connectivity index (χ2n) is 5.82. The first-order valence-corrected chi connectivity index (χ1v) is 9.77. The Labute approximate surface area is 148 Å². The SMILES string of the molecule is C\C=C/C=N\C(=C/CCC)CC1C=CC=C(Cc2ccccn2)P1. The van der Waals surface area contributed by atoms with Gasteiger partial charge in [-0.2, -0.15) is 0 Å². The molecule has 0 radical (unpaired) electrons. The molecular weight excluding hydrogens is 311 g/mol. The van der Waals surface area contributed by atoms with Crippen LogP contribution in [0.3, 0.4) is 0 Å². The van der Waals surface area contributed by atoms with Gasteiger partial charge in [-0.15, -0.1) is 0 Å². The molecular formula is C21H27N2P. The minimum atomic E-state index is 0.555. The Kier molecular flexibility index (Phi) is 8.41. The van der Waals surface area contributed by atoms with Crippen LogP contribution in [0.15, 0.2) is 76.9 Å². The van der Waals surface area contributed by atoms with Gasteiger partial charge in [0.1, 0.15) is 0 Å². The number of pyridine rings is 1. The standard InChI is InChI=1S/C21H27N2P/c1-3-5-10-18(22-14-6-4-2)16-20-12-9-13-21(24-20)17-19-11-7-8-15-23-19/h4,6-15,20,24H,3,5,16-17H2,1-2H3/b6-4-,18-10-,22-14-. The van der Waals surface area contributed by atoms with Gasteiger partial charge in [0.2, 0.25) is 0 Å². The predicted molar refractivity (Wildman–Crippen MR) is 108 cm³/mol. The molecule has 0 amide bonds. The molecule has 126 valence electrons. The molecule has 0 bridgehead atoms. The molecule has 2 rings (SSSR count). The summed E-state index contributed by atoms with van der Waals surface area (Å²) in [5.74, 6) is 0. The fourth-order valence-electron chi connectivity index (χ4n) is 2.52. The summed E-state index contributed by atoms with van der Waals surface area (Å²) in [7, 11) is 0.814. The van der Waals surface area contributed by atoms with E-state index in [1.165, 1.54) is 11.0 Å². The molecule has 0 aliphatic carbocycles. The summed E-state index contributed by atoms with van der Waals surface area (Å²) in [6.07, 6.45) is 21.1. The zero-order chi connectivity index (χ0) is 17.0. The molecule has 0 N–H and O–H groups in total. The lowest BCUT2D eigenvalue weighted by molar-refractivity contribution is 0.906. The molecule has 2 heterocycles. The zero-order valence-corrected chi connectivity index (χ0v) is 15.7.